The van der Waals surface area contributed by atoms with Crippen molar-refractivity contribution < 1.29 is 4.39 Å². The smallest absolute Gasteiger partial charge is 0.152 e. The molecule has 4 aromatic rings. The van der Waals surface area contributed by atoms with Crippen molar-refractivity contribution in [3.05, 3.63) is 103 Å². The summed E-state index contributed by atoms with van der Waals surface area (Å²) in [5.74, 6) is -0.269. The summed E-state index contributed by atoms with van der Waals surface area (Å²) in [7, 11) is 0. The van der Waals surface area contributed by atoms with Crippen molar-refractivity contribution in [3.8, 4) is 33.5 Å². The van der Waals surface area contributed by atoms with E-state index in [1.165, 1.54) is 0 Å². The Kier molecular flexibility index (Phi) is 4.32. The molecule has 1 heterocycles. The maximum atomic E-state index is 15.3. The number of hydrogen-bond donors (Lipinski definition) is 0. The Morgan fingerprint density at radius 1 is 0.577 bits per heavy atom. The second kappa shape index (κ2) is 6.93. The Morgan fingerprint density at radius 3 is 1.50 bits per heavy atom. The van der Waals surface area contributed by atoms with Gasteiger partial charge in [-0.1, -0.05) is 91.0 Å². The first-order valence-corrected chi connectivity index (χ1v) is 8.62. The lowest BCUT2D eigenvalue weighted by Gasteiger charge is -2.18. The van der Waals surface area contributed by atoms with Gasteiger partial charge in [0.25, 0.3) is 0 Å². The van der Waals surface area contributed by atoms with Crippen LogP contribution in [0.4, 0.5) is 4.39 Å². The van der Waals surface area contributed by atoms with E-state index in [2.05, 4.69) is 4.98 Å². The molecule has 0 spiro atoms. The number of rotatable bonds is 3. The van der Waals surface area contributed by atoms with Crippen LogP contribution in [-0.2, 0) is 0 Å². The highest BCUT2D eigenvalue weighted by molar-refractivity contribution is 5.93. The summed E-state index contributed by atoms with van der Waals surface area (Å²) in [5.41, 5.74) is 5.42. The van der Waals surface area contributed by atoms with Gasteiger partial charge in [-0.3, -0.25) is 0 Å². The number of benzene rings is 3. The Balaban J connectivity index is 2.12. The number of halogens is 1. The van der Waals surface area contributed by atoms with E-state index in [1.807, 2.05) is 91.0 Å². The van der Waals surface area contributed by atoms with Gasteiger partial charge in [0.2, 0.25) is 0 Å². The molecule has 4 rings (SSSR count). The van der Waals surface area contributed by atoms with E-state index in [1.54, 1.807) is 6.92 Å². The molecular weight excluding hydrogens is 321 g/mol. The first-order chi connectivity index (χ1) is 12.8. The molecular formula is C24H18FN. The van der Waals surface area contributed by atoms with Gasteiger partial charge < -0.3 is 0 Å². The predicted octanol–water partition coefficient (Wildman–Crippen LogP) is 6.53. The largest absolute Gasteiger partial charge is 0.249 e. The van der Waals surface area contributed by atoms with Crippen LogP contribution in [0.5, 0.6) is 0 Å². The van der Waals surface area contributed by atoms with E-state index in [9.17, 15) is 0 Å². The first-order valence-electron chi connectivity index (χ1n) is 8.62. The summed E-state index contributed by atoms with van der Waals surface area (Å²) in [6.45, 7) is 1.73. The molecule has 2 heteroatoms. The zero-order valence-electron chi connectivity index (χ0n) is 14.5. The number of hydrogen-bond acceptors (Lipinski definition) is 1. The van der Waals surface area contributed by atoms with E-state index in [0.29, 0.717) is 11.3 Å². The van der Waals surface area contributed by atoms with Gasteiger partial charge in [0.05, 0.1) is 11.4 Å². The van der Waals surface area contributed by atoms with Gasteiger partial charge in [0, 0.05) is 16.7 Å². The van der Waals surface area contributed by atoms with Crippen LogP contribution in [0.25, 0.3) is 33.5 Å². The molecule has 0 fully saturated rings. The molecule has 0 aliphatic rings. The van der Waals surface area contributed by atoms with E-state index in [4.69, 9.17) is 0 Å². The van der Waals surface area contributed by atoms with Crippen LogP contribution in [0, 0.1) is 12.7 Å². The summed E-state index contributed by atoms with van der Waals surface area (Å²) in [6, 6.07) is 29.6. The third kappa shape index (κ3) is 2.91. The van der Waals surface area contributed by atoms with Crippen molar-refractivity contribution in [2.75, 3.05) is 0 Å². The molecule has 0 saturated carbocycles. The van der Waals surface area contributed by atoms with Crippen molar-refractivity contribution in [2.24, 2.45) is 0 Å². The van der Waals surface area contributed by atoms with E-state index < -0.39 is 0 Å². The van der Waals surface area contributed by atoms with Crippen molar-refractivity contribution in [2.45, 2.75) is 6.92 Å². The zero-order chi connectivity index (χ0) is 17.9. The molecule has 0 aliphatic heterocycles. The summed E-state index contributed by atoms with van der Waals surface area (Å²) in [5, 5.41) is 0. The van der Waals surface area contributed by atoms with Gasteiger partial charge in [-0.2, -0.15) is 0 Å². The van der Waals surface area contributed by atoms with Crippen LogP contribution < -0.4 is 0 Å². The average molecular weight is 339 g/mol. The highest BCUT2D eigenvalue weighted by atomic mass is 19.1. The molecule has 126 valence electrons. The van der Waals surface area contributed by atoms with Gasteiger partial charge in [0.1, 0.15) is 0 Å². The lowest BCUT2D eigenvalue weighted by molar-refractivity contribution is 0.614. The molecule has 0 amide bonds. The van der Waals surface area contributed by atoms with Crippen LogP contribution in [0.1, 0.15) is 5.69 Å². The van der Waals surface area contributed by atoms with Crippen LogP contribution in [0.3, 0.4) is 0 Å². The van der Waals surface area contributed by atoms with Crippen molar-refractivity contribution in [1.29, 1.82) is 0 Å². The third-order valence-corrected chi connectivity index (χ3v) is 4.48. The zero-order valence-corrected chi connectivity index (χ0v) is 14.5. The first kappa shape index (κ1) is 16.2. The molecule has 0 unspecified atom stereocenters. The monoisotopic (exact) mass is 339 g/mol. The summed E-state index contributed by atoms with van der Waals surface area (Å²) < 4.78 is 15.3. The van der Waals surface area contributed by atoms with Gasteiger partial charge in [-0.25, -0.2) is 9.37 Å². The lowest BCUT2D eigenvalue weighted by atomic mass is 9.90. The molecule has 0 saturated heterocycles. The highest BCUT2D eigenvalue weighted by Crippen LogP contribution is 2.41. The number of aromatic nitrogens is 1. The van der Waals surface area contributed by atoms with Crippen LogP contribution >= 0.6 is 0 Å². The third-order valence-electron chi connectivity index (χ3n) is 4.48. The maximum Gasteiger partial charge on any atom is 0.152 e. The summed E-state index contributed by atoms with van der Waals surface area (Å²) in [6.07, 6.45) is 0. The minimum absolute atomic E-state index is 0.269. The van der Waals surface area contributed by atoms with Gasteiger partial charge in [-0.15, -0.1) is 0 Å². The molecule has 0 atom stereocenters. The van der Waals surface area contributed by atoms with Gasteiger partial charge >= 0.3 is 0 Å². The van der Waals surface area contributed by atoms with Crippen molar-refractivity contribution in [1.82, 2.24) is 4.98 Å². The fraction of sp³-hybridized carbons (Fsp3) is 0.0417. The quantitative estimate of drug-likeness (QED) is 0.413. The number of pyridine rings is 1. The predicted molar refractivity (Wildman–Crippen MR) is 105 cm³/mol. The molecule has 0 radical (unpaired) electrons. The lowest BCUT2D eigenvalue weighted by Crippen LogP contribution is -2.01. The molecule has 1 aromatic heterocycles. The van der Waals surface area contributed by atoms with Gasteiger partial charge in [-0.05, 0) is 18.1 Å². The molecule has 1 nitrogen and oxygen atoms in total. The topological polar surface area (TPSA) is 12.9 Å². The molecule has 0 aliphatic carbocycles. The second-order valence-corrected chi connectivity index (χ2v) is 6.21. The van der Waals surface area contributed by atoms with Crippen molar-refractivity contribution in [3.63, 3.8) is 0 Å². The van der Waals surface area contributed by atoms with Crippen LogP contribution in [0.2, 0.25) is 0 Å². The number of aryl methyl sites for hydroxylation is 1. The normalized spacial score (nSPS) is 10.7. The Labute approximate surface area is 152 Å². The van der Waals surface area contributed by atoms with E-state index in [-0.39, 0.29) is 5.82 Å². The van der Waals surface area contributed by atoms with Gasteiger partial charge in [0.15, 0.2) is 5.82 Å². The van der Waals surface area contributed by atoms with E-state index in [0.717, 1.165) is 27.9 Å². The Bertz CT molecular complexity index is 1030. The van der Waals surface area contributed by atoms with Crippen LogP contribution in [-0.4, -0.2) is 4.98 Å². The van der Waals surface area contributed by atoms with Crippen molar-refractivity contribution >= 4 is 0 Å². The minimum atomic E-state index is -0.269. The molecule has 3 aromatic carbocycles. The maximum absolute atomic E-state index is 15.3. The average Bonchev–Trinajstić information content (AvgIpc) is 2.71. The molecule has 0 bridgehead atoms. The SMILES string of the molecule is Cc1nc(-c2ccccc2)c(-c2ccccc2)c(-c2ccccc2)c1F. The molecule has 26 heavy (non-hydrogen) atoms. The fourth-order valence-corrected chi connectivity index (χ4v) is 3.25. The standard InChI is InChI=1S/C24H18FN/c1-17-23(25)21(18-11-5-2-6-12-18)22(19-13-7-3-8-14-19)24(26-17)20-15-9-4-10-16-20/h2-16H,1H3. The fourth-order valence-electron chi connectivity index (χ4n) is 3.25. The molecule has 0 N–H and O–H groups in total. The number of nitrogens with zero attached hydrogens (tertiary/aromatic N) is 1. The minimum Gasteiger partial charge on any atom is -0.249 e. The summed E-state index contributed by atoms with van der Waals surface area (Å²) in [4.78, 5) is 4.63. The van der Waals surface area contributed by atoms with Crippen LogP contribution in [0.15, 0.2) is 91.0 Å². The summed E-state index contributed by atoms with van der Waals surface area (Å²) >= 11 is 0. The Morgan fingerprint density at radius 2 is 1.00 bits per heavy atom. The van der Waals surface area contributed by atoms with E-state index >= 15 is 4.39 Å². The Hall–Kier alpha value is -3.26. The second-order valence-electron chi connectivity index (χ2n) is 6.21. The highest BCUT2D eigenvalue weighted by Gasteiger charge is 2.21.